The van der Waals surface area contributed by atoms with E-state index in [1.807, 2.05) is 0 Å². The van der Waals surface area contributed by atoms with Gasteiger partial charge in [0.05, 0.1) is 17.9 Å². The van der Waals surface area contributed by atoms with E-state index in [-0.39, 0.29) is 17.8 Å². The quantitative estimate of drug-likeness (QED) is 0.939. The molecule has 1 aromatic carbocycles. The molecular formula is C16H16FN3O2. The van der Waals surface area contributed by atoms with E-state index in [1.54, 1.807) is 18.2 Å². The predicted octanol–water partition coefficient (Wildman–Crippen LogP) is 2.08. The van der Waals surface area contributed by atoms with Crippen molar-refractivity contribution in [2.75, 3.05) is 6.61 Å². The number of benzene rings is 1. The third-order valence-electron chi connectivity index (χ3n) is 3.53. The largest absolute Gasteiger partial charge is 0.368 e. The van der Waals surface area contributed by atoms with Gasteiger partial charge in [-0.1, -0.05) is 0 Å². The minimum absolute atomic E-state index is 0.112. The Kier molecular flexibility index (Phi) is 4.39. The van der Waals surface area contributed by atoms with Gasteiger partial charge in [0.15, 0.2) is 0 Å². The first kappa shape index (κ1) is 14.6. The molecule has 3 rings (SSSR count). The number of nitrogens with one attached hydrogen (secondary N) is 1. The number of hydrogen-bond acceptors (Lipinski definition) is 4. The minimum atomic E-state index is -0.349. The maximum atomic E-state index is 12.9. The Hall–Kier alpha value is -2.34. The molecule has 0 bridgehead atoms. The molecular weight excluding hydrogens is 285 g/mol. The number of aromatic nitrogens is 2. The van der Waals surface area contributed by atoms with Gasteiger partial charge in [0, 0.05) is 12.2 Å². The maximum absolute atomic E-state index is 12.9. The van der Waals surface area contributed by atoms with E-state index in [9.17, 15) is 9.18 Å². The lowest BCUT2D eigenvalue weighted by Gasteiger charge is -2.10. The van der Waals surface area contributed by atoms with Crippen LogP contribution in [0.3, 0.4) is 0 Å². The van der Waals surface area contributed by atoms with Crippen LogP contribution in [-0.4, -0.2) is 28.6 Å². The van der Waals surface area contributed by atoms with Crippen molar-refractivity contribution in [2.24, 2.45) is 0 Å². The highest BCUT2D eigenvalue weighted by atomic mass is 19.1. The van der Waals surface area contributed by atoms with E-state index in [4.69, 9.17) is 4.74 Å². The van der Waals surface area contributed by atoms with E-state index in [0.717, 1.165) is 18.4 Å². The molecule has 22 heavy (non-hydrogen) atoms. The van der Waals surface area contributed by atoms with Gasteiger partial charge >= 0.3 is 0 Å². The molecule has 1 unspecified atom stereocenters. The number of hydrogen-bond donors (Lipinski definition) is 1. The minimum Gasteiger partial charge on any atom is -0.368 e. The molecule has 1 aliphatic rings. The molecule has 2 heterocycles. The molecule has 1 amide bonds. The van der Waals surface area contributed by atoms with Gasteiger partial charge in [0.2, 0.25) is 5.91 Å². The van der Waals surface area contributed by atoms with E-state index in [2.05, 4.69) is 15.3 Å². The van der Waals surface area contributed by atoms with Crippen molar-refractivity contribution >= 4 is 5.91 Å². The van der Waals surface area contributed by atoms with Crippen LogP contribution in [0, 0.1) is 5.82 Å². The van der Waals surface area contributed by atoms with Crippen LogP contribution >= 0.6 is 0 Å². The molecule has 0 saturated carbocycles. The summed E-state index contributed by atoms with van der Waals surface area (Å²) in [5.74, 6) is -0.402. The van der Waals surface area contributed by atoms with E-state index in [1.165, 1.54) is 18.5 Å². The second-order valence-corrected chi connectivity index (χ2v) is 5.12. The Morgan fingerprint density at radius 3 is 2.86 bits per heavy atom. The van der Waals surface area contributed by atoms with Crippen molar-refractivity contribution in [3.63, 3.8) is 0 Å². The number of amides is 1. The second-order valence-electron chi connectivity index (χ2n) is 5.12. The molecule has 1 fully saturated rings. The third-order valence-corrected chi connectivity index (χ3v) is 3.53. The van der Waals surface area contributed by atoms with Crippen LogP contribution in [0.4, 0.5) is 4.39 Å². The highest BCUT2D eigenvalue weighted by Crippen LogP contribution is 2.17. The van der Waals surface area contributed by atoms with Gasteiger partial charge in [-0.3, -0.25) is 4.79 Å². The third kappa shape index (κ3) is 3.46. The number of halogens is 1. The zero-order valence-corrected chi connectivity index (χ0v) is 12.0. The maximum Gasteiger partial charge on any atom is 0.249 e. The van der Waals surface area contributed by atoms with Gasteiger partial charge < -0.3 is 10.1 Å². The summed E-state index contributed by atoms with van der Waals surface area (Å²) < 4.78 is 18.3. The molecule has 114 valence electrons. The van der Waals surface area contributed by atoms with Crippen molar-refractivity contribution < 1.29 is 13.9 Å². The lowest BCUT2D eigenvalue weighted by molar-refractivity contribution is -0.130. The Balaban J connectivity index is 1.66. The standard InChI is InChI=1S/C16H16FN3O2/c17-12-5-3-11(4-6-12)14-8-13(19-10-20-14)9-18-16(21)15-2-1-7-22-15/h3-6,8,10,15H,1-2,7,9H2,(H,18,21). The lowest BCUT2D eigenvalue weighted by Crippen LogP contribution is -2.33. The molecule has 1 N–H and O–H groups in total. The van der Waals surface area contributed by atoms with Crippen LogP contribution in [0.25, 0.3) is 11.3 Å². The summed E-state index contributed by atoms with van der Waals surface area (Å²) in [5, 5.41) is 2.81. The molecule has 1 aromatic heterocycles. The zero-order chi connectivity index (χ0) is 15.4. The molecule has 0 spiro atoms. The molecule has 1 aliphatic heterocycles. The van der Waals surface area contributed by atoms with E-state index in [0.29, 0.717) is 24.5 Å². The van der Waals surface area contributed by atoms with Gasteiger partial charge in [-0.15, -0.1) is 0 Å². The highest BCUT2D eigenvalue weighted by Gasteiger charge is 2.23. The Labute approximate surface area is 127 Å². The number of nitrogens with zero attached hydrogens (tertiary/aromatic N) is 2. The SMILES string of the molecule is O=C(NCc1cc(-c2ccc(F)cc2)ncn1)C1CCCO1. The van der Waals surface area contributed by atoms with Crippen molar-refractivity contribution in [1.29, 1.82) is 0 Å². The van der Waals surface area contributed by atoms with E-state index < -0.39 is 0 Å². The predicted molar refractivity (Wildman–Crippen MR) is 78.2 cm³/mol. The molecule has 0 aliphatic carbocycles. The molecule has 0 radical (unpaired) electrons. The van der Waals surface area contributed by atoms with Crippen LogP contribution in [0.5, 0.6) is 0 Å². The number of carbonyl (C=O) groups excluding carboxylic acids is 1. The van der Waals surface area contributed by atoms with Crippen LogP contribution in [0.1, 0.15) is 18.5 Å². The summed E-state index contributed by atoms with van der Waals surface area (Å²) in [4.78, 5) is 20.2. The molecule has 6 heteroatoms. The fraction of sp³-hybridized carbons (Fsp3) is 0.312. The smallest absolute Gasteiger partial charge is 0.249 e. The van der Waals surface area contributed by atoms with Gasteiger partial charge in [0.25, 0.3) is 0 Å². The molecule has 2 aromatic rings. The van der Waals surface area contributed by atoms with Crippen LogP contribution in [0.2, 0.25) is 0 Å². The topological polar surface area (TPSA) is 64.1 Å². The summed E-state index contributed by atoms with van der Waals surface area (Å²) in [6.07, 6.45) is 2.77. The van der Waals surface area contributed by atoms with Crippen LogP contribution < -0.4 is 5.32 Å². The number of ether oxygens (including phenoxy) is 1. The van der Waals surface area contributed by atoms with E-state index >= 15 is 0 Å². The fourth-order valence-corrected chi connectivity index (χ4v) is 2.35. The van der Waals surface area contributed by atoms with Gasteiger partial charge in [-0.05, 0) is 43.2 Å². The van der Waals surface area contributed by atoms with Gasteiger partial charge in [-0.25, -0.2) is 14.4 Å². The average Bonchev–Trinajstić information content (AvgIpc) is 3.08. The Morgan fingerprint density at radius 2 is 2.14 bits per heavy atom. The van der Waals surface area contributed by atoms with Gasteiger partial charge in [0.1, 0.15) is 18.2 Å². The van der Waals surface area contributed by atoms with Gasteiger partial charge in [-0.2, -0.15) is 0 Å². The van der Waals surface area contributed by atoms with Crippen molar-refractivity contribution in [3.05, 3.63) is 48.2 Å². The Morgan fingerprint density at radius 1 is 1.32 bits per heavy atom. The fourth-order valence-electron chi connectivity index (χ4n) is 2.35. The first-order valence-electron chi connectivity index (χ1n) is 7.18. The summed E-state index contributed by atoms with van der Waals surface area (Å²) >= 11 is 0. The normalized spacial score (nSPS) is 17.4. The highest BCUT2D eigenvalue weighted by molar-refractivity contribution is 5.80. The molecule has 5 nitrogen and oxygen atoms in total. The zero-order valence-electron chi connectivity index (χ0n) is 12.0. The Bertz CT molecular complexity index is 655. The first-order chi connectivity index (χ1) is 10.7. The van der Waals surface area contributed by atoms with Crippen molar-refractivity contribution in [2.45, 2.75) is 25.5 Å². The van der Waals surface area contributed by atoms with Crippen LogP contribution in [-0.2, 0) is 16.1 Å². The summed E-state index contributed by atoms with van der Waals surface area (Å²) in [6.45, 7) is 0.954. The second kappa shape index (κ2) is 6.62. The summed E-state index contributed by atoms with van der Waals surface area (Å²) in [7, 11) is 0. The summed E-state index contributed by atoms with van der Waals surface area (Å²) in [6, 6.07) is 7.87. The lowest BCUT2D eigenvalue weighted by atomic mass is 10.1. The average molecular weight is 301 g/mol. The van der Waals surface area contributed by atoms with Crippen LogP contribution in [0.15, 0.2) is 36.7 Å². The monoisotopic (exact) mass is 301 g/mol. The van der Waals surface area contributed by atoms with Crippen molar-refractivity contribution in [1.82, 2.24) is 15.3 Å². The van der Waals surface area contributed by atoms with Crippen molar-refractivity contribution in [3.8, 4) is 11.3 Å². The number of rotatable bonds is 4. The molecule has 1 saturated heterocycles. The first-order valence-corrected chi connectivity index (χ1v) is 7.18. The number of carbonyl (C=O) groups is 1. The summed E-state index contributed by atoms with van der Waals surface area (Å²) in [5.41, 5.74) is 2.19. The molecule has 1 atom stereocenters.